The first kappa shape index (κ1) is 16.4. The van der Waals surface area contributed by atoms with Crippen LogP contribution in [-0.2, 0) is 4.79 Å². The van der Waals surface area contributed by atoms with Gasteiger partial charge in [0.1, 0.15) is 0 Å². The summed E-state index contributed by atoms with van der Waals surface area (Å²) in [7, 11) is 0. The molecular formula is C15H30N2O2. The van der Waals surface area contributed by atoms with E-state index in [0.717, 1.165) is 32.1 Å². The van der Waals surface area contributed by atoms with Crippen molar-refractivity contribution in [3.63, 3.8) is 0 Å². The second kappa shape index (κ2) is 7.85. The number of nitrogens with one attached hydrogen (secondary N) is 1. The zero-order chi connectivity index (χ0) is 14.3. The predicted octanol–water partition coefficient (Wildman–Crippen LogP) is 1.81. The number of hydrogen-bond acceptors (Lipinski definition) is 3. The van der Waals surface area contributed by atoms with Crippen LogP contribution in [0.3, 0.4) is 0 Å². The van der Waals surface area contributed by atoms with E-state index >= 15 is 0 Å². The minimum atomic E-state index is -0.369. The van der Waals surface area contributed by atoms with Gasteiger partial charge in [-0.1, -0.05) is 33.1 Å². The molecule has 112 valence electrons. The van der Waals surface area contributed by atoms with Crippen LogP contribution in [0.1, 0.15) is 58.8 Å². The molecule has 0 unspecified atom stereocenters. The second-order valence-electron chi connectivity index (χ2n) is 6.48. The van der Waals surface area contributed by atoms with Gasteiger partial charge < -0.3 is 16.2 Å². The fraction of sp³-hybridized carbons (Fsp3) is 0.933. The van der Waals surface area contributed by atoms with E-state index in [-0.39, 0.29) is 24.0 Å². The van der Waals surface area contributed by atoms with E-state index in [1.165, 1.54) is 6.42 Å². The van der Waals surface area contributed by atoms with Crippen LogP contribution in [0.4, 0.5) is 0 Å². The summed E-state index contributed by atoms with van der Waals surface area (Å²) < 4.78 is 0. The highest BCUT2D eigenvalue weighted by atomic mass is 16.3. The van der Waals surface area contributed by atoms with Gasteiger partial charge in [0, 0.05) is 6.42 Å². The Morgan fingerprint density at radius 2 is 1.95 bits per heavy atom. The van der Waals surface area contributed by atoms with E-state index in [2.05, 4.69) is 19.2 Å². The molecule has 0 aromatic heterocycles. The van der Waals surface area contributed by atoms with E-state index in [0.29, 0.717) is 18.9 Å². The van der Waals surface area contributed by atoms with E-state index in [9.17, 15) is 9.90 Å². The SMILES string of the molecule is CC(C)C[C@H](CN)CC(=O)NC1(CO)CCCCC1. The molecule has 1 atom stereocenters. The first-order valence-electron chi connectivity index (χ1n) is 7.63. The summed E-state index contributed by atoms with van der Waals surface area (Å²) in [6.45, 7) is 4.90. The van der Waals surface area contributed by atoms with Gasteiger partial charge in [0.25, 0.3) is 0 Å². The van der Waals surface area contributed by atoms with Crippen LogP contribution in [0.2, 0.25) is 0 Å². The average Bonchev–Trinajstić information content (AvgIpc) is 2.38. The summed E-state index contributed by atoms with van der Waals surface area (Å²) in [6, 6.07) is 0. The molecule has 0 bridgehead atoms. The zero-order valence-corrected chi connectivity index (χ0v) is 12.5. The minimum absolute atomic E-state index is 0.0482. The number of rotatable bonds is 7. The average molecular weight is 270 g/mol. The molecule has 0 aliphatic heterocycles. The molecule has 19 heavy (non-hydrogen) atoms. The fourth-order valence-electron chi connectivity index (χ4n) is 3.09. The van der Waals surface area contributed by atoms with Gasteiger partial charge in [0.15, 0.2) is 0 Å². The van der Waals surface area contributed by atoms with Gasteiger partial charge in [-0.25, -0.2) is 0 Å². The van der Waals surface area contributed by atoms with Crippen molar-refractivity contribution >= 4 is 5.91 Å². The summed E-state index contributed by atoms with van der Waals surface area (Å²) in [5.74, 6) is 0.856. The van der Waals surface area contributed by atoms with Gasteiger partial charge in [0.2, 0.25) is 5.91 Å². The lowest BCUT2D eigenvalue weighted by Gasteiger charge is -2.37. The van der Waals surface area contributed by atoms with E-state index in [1.54, 1.807) is 0 Å². The van der Waals surface area contributed by atoms with Gasteiger partial charge in [-0.15, -0.1) is 0 Å². The molecule has 4 nitrogen and oxygen atoms in total. The van der Waals surface area contributed by atoms with Gasteiger partial charge in [-0.2, -0.15) is 0 Å². The predicted molar refractivity (Wildman–Crippen MR) is 77.7 cm³/mol. The number of nitrogens with two attached hydrogens (primary N) is 1. The monoisotopic (exact) mass is 270 g/mol. The Balaban J connectivity index is 2.47. The fourth-order valence-corrected chi connectivity index (χ4v) is 3.09. The third-order valence-electron chi connectivity index (χ3n) is 4.13. The summed E-state index contributed by atoms with van der Waals surface area (Å²) in [6.07, 6.45) is 6.64. The first-order valence-corrected chi connectivity index (χ1v) is 7.63. The van der Waals surface area contributed by atoms with Gasteiger partial charge in [-0.05, 0) is 37.6 Å². The molecule has 1 aliphatic rings. The topological polar surface area (TPSA) is 75.4 Å². The quantitative estimate of drug-likeness (QED) is 0.660. The number of carbonyl (C=O) groups is 1. The Kier molecular flexibility index (Phi) is 6.80. The molecule has 0 saturated heterocycles. The lowest BCUT2D eigenvalue weighted by molar-refractivity contribution is -0.125. The second-order valence-corrected chi connectivity index (χ2v) is 6.48. The highest BCUT2D eigenvalue weighted by Gasteiger charge is 2.33. The zero-order valence-electron chi connectivity index (χ0n) is 12.5. The standard InChI is InChI=1S/C15H30N2O2/c1-12(2)8-13(10-16)9-14(19)17-15(11-18)6-4-3-5-7-15/h12-13,18H,3-11,16H2,1-2H3,(H,17,19)/t13-/m0/s1. The lowest BCUT2D eigenvalue weighted by atomic mass is 9.82. The first-order chi connectivity index (χ1) is 9.01. The van der Waals surface area contributed by atoms with E-state index in [1.807, 2.05) is 0 Å². The minimum Gasteiger partial charge on any atom is -0.394 e. The van der Waals surface area contributed by atoms with Crippen molar-refractivity contribution in [1.29, 1.82) is 0 Å². The van der Waals surface area contributed by atoms with Crippen LogP contribution in [0.5, 0.6) is 0 Å². The van der Waals surface area contributed by atoms with Gasteiger partial charge in [-0.3, -0.25) is 4.79 Å². The maximum absolute atomic E-state index is 12.1. The van der Waals surface area contributed by atoms with Crippen molar-refractivity contribution < 1.29 is 9.90 Å². The van der Waals surface area contributed by atoms with Crippen LogP contribution < -0.4 is 11.1 Å². The van der Waals surface area contributed by atoms with Crippen molar-refractivity contribution in [2.75, 3.05) is 13.2 Å². The molecule has 4 N–H and O–H groups in total. The highest BCUT2D eigenvalue weighted by Crippen LogP contribution is 2.28. The molecule has 0 aromatic rings. The number of aliphatic hydroxyl groups is 1. The van der Waals surface area contributed by atoms with Crippen LogP contribution >= 0.6 is 0 Å². The molecule has 1 aliphatic carbocycles. The van der Waals surface area contributed by atoms with E-state index in [4.69, 9.17) is 5.73 Å². The molecule has 0 radical (unpaired) electrons. The Morgan fingerprint density at radius 1 is 1.32 bits per heavy atom. The number of amides is 1. The molecule has 4 heteroatoms. The molecule has 1 saturated carbocycles. The Morgan fingerprint density at radius 3 is 2.42 bits per heavy atom. The smallest absolute Gasteiger partial charge is 0.220 e. The summed E-state index contributed by atoms with van der Waals surface area (Å²) in [5.41, 5.74) is 5.37. The molecule has 1 rings (SSSR count). The Labute approximate surface area is 117 Å². The molecule has 1 amide bonds. The maximum atomic E-state index is 12.1. The molecule has 1 fully saturated rings. The summed E-state index contributed by atoms with van der Waals surface area (Å²) >= 11 is 0. The van der Waals surface area contributed by atoms with E-state index < -0.39 is 0 Å². The van der Waals surface area contributed by atoms with Crippen molar-refractivity contribution in [3.8, 4) is 0 Å². The number of aliphatic hydroxyl groups excluding tert-OH is 1. The summed E-state index contributed by atoms with van der Waals surface area (Å²) in [5, 5.41) is 12.7. The maximum Gasteiger partial charge on any atom is 0.220 e. The van der Waals surface area contributed by atoms with Gasteiger partial charge >= 0.3 is 0 Å². The van der Waals surface area contributed by atoms with Gasteiger partial charge in [0.05, 0.1) is 12.1 Å². The van der Waals surface area contributed by atoms with Crippen LogP contribution in [-0.4, -0.2) is 29.7 Å². The van der Waals surface area contributed by atoms with Crippen molar-refractivity contribution in [2.45, 2.75) is 64.3 Å². The Hall–Kier alpha value is -0.610. The normalized spacial score (nSPS) is 20.3. The van der Waals surface area contributed by atoms with Crippen molar-refractivity contribution in [3.05, 3.63) is 0 Å². The van der Waals surface area contributed by atoms with Crippen molar-refractivity contribution in [2.24, 2.45) is 17.6 Å². The number of carbonyl (C=O) groups excluding carboxylic acids is 1. The third-order valence-corrected chi connectivity index (χ3v) is 4.13. The van der Waals surface area contributed by atoms with Crippen molar-refractivity contribution in [1.82, 2.24) is 5.32 Å². The lowest BCUT2D eigenvalue weighted by Crippen LogP contribution is -2.53. The molecule has 0 spiro atoms. The molecular weight excluding hydrogens is 240 g/mol. The number of hydrogen-bond donors (Lipinski definition) is 3. The largest absolute Gasteiger partial charge is 0.394 e. The molecule has 0 aromatic carbocycles. The van der Waals surface area contributed by atoms with Crippen LogP contribution in [0.15, 0.2) is 0 Å². The highest BCUT2D eigenvalue weighted by molar-refractivity contribution is 5.77. The molecule has 0 heterocycles. The third kappa shape index (κ3) is 5.49. The Bertz CT molecular complexity index is 273. The van der Waals surface area contributed by atoms with Crippen LogP contribution in [0, 0.1) is 11.8 Å². The van der Waals surface area contributed by atoms with Crippen LogP contribution in [0.25, 0.3) is 0 Å². The summed E-state index contributed by atoms with van der Waals surface area (Å²) in [4.78, 5) is 12.1.